The Morgan fingerprint density at radius 3 is 2.92 bits per heavy atom. The number of carbonyl (C=O) groups is 1. The zero-order valence-corrected chi connectivity index (χ0v) is 14.0. The first-order valence-electron chi connectivity index (χ1n) is 7.98. The lowest BCUT2D eigenvalue weighted by Gasteiger charge is -2.26. The van der Waals surface area contributed by atoms with E-state index in [0.717, 1.165) is 12.1 Å². The summed E-state index contributed by atoms with van der Waals surface area (Å²) in [6.45, 7) is 2.23. The van der Waals surface area contributed by atoms with Gasteiger partial charge in [-0.15, -0.1) is 0 Å². The molecular weight excluding hydrogens is 331 g/mol. The molecule has 0 aliphatic carbocycles. The summed E-state index contributed by atoms with van der Waals surface area (Å²) in [5.41, 5.74) is 1.31. The zero-order chi connectivity index (χ0) is 16.8. The summed E-state index contributed by atoms with van der Waals surface area (Å²) < 4.78 is 13.6. The third-order valence-electron chi connectivity index (χ3n) is 5.18. The summed E-state index contributed by atoms with van der Waals surface area (Å²) in [7, 11) is 2.06. The Morgan fingerprint density at radius 2 is 2.21 bits per heavy atom. The first-order chi connectivity index (χ1) is 11.5. The lowest BCUT2D eigenvalue weighted by atomic mass is 9.89. The molecule has 126 valence electrons. The molecule has 0 spiro atoms. The number of nitrogens with one attached hydrogen (secondary N) is 1. The molecule has 0 saturated carbocycles. The number of fused-ring (bicyclic) bond motifs is 1. The number of benzene rings is 1. The lowest BCUT2D eigenvalue weighted by molar-refractivity contribution is 0.0762. The molecule has 0 radical (unpaired) electrons. The Morgan fingerprint density at radius 1 is 1.38 bits per heavy atom. The van der Waals surface area contributed by atoms with Crippen molar-refractivity contribution in [3.05, 3.63) is 52.6 Å². The Hall–Kier alpha value is -1.92. The number of rotatable bonds is 2. The molecule has 24 heavy (non-hydrogen) atoms. The van der Waals surface area contributed by atoms with Crippen molar-refractivity contribution in [3.8, 4) is 0 Å². The van der Waals surface area contributed by atoms with Crippen LogP contribution in [-0.2, 0) is 0 Å². The largest absolute Gasteiger partial charge is 0.337 e. The molecule has 2 aromatic rings. The van der Waals surface area contributed by atoms with Crippen LogP contribution in [0.25, 0.3) is 0 Å². The second-order valence-corrected chi connectivity index (χ2v) is 7.07. The molecule has 2 aliphatic heterocycles. The van der Waals surface area contributed by atoms with Crippen LogP contribution < -0.4 is 0 Å². The monoisotopic (exact) mass is 348 g/mol. The molecule has 3 atom stereocenters. The number of halogens is 2. The predicted octanol–water partition coefficient (Wildman–Crippen LogP) is 2.58. The van der Waals surface area contributed by atoms with Gasteiger partial charge in [0.25, 0.3) is 5.91 Å². The second kappa shape index (κ2) is 5.86. The minimum atomic E-state index is -0.223. The Bertz CT molecular complexity index is 779. The Balaban J connectivity index is 1.57. The van der Waals surface area contributed by atoms with Crippen LogP contribution in [0.3, 0.4) is 0 Å². The minimum absolute atomic E-state index is 0.118. The molecule has 4 rings (SSSR count). The molecule has 1 aromatic carbocycles. The van der Waals surface area contributed by atoms with E-state index in [2.05, 4.69) is 22.1 Å². The molecule has 7 heteroatoms. The number of nitrogens with zero attached hydrogens (tertiary/aromatic N) is 3. The highest BCUT2D eigenvalue weighted by atomic mass is 35.5. The maximum absolute atomic E-state index is 13.6. The SMILES string of the molecule is CN1C[C@H]2CN(C(=O)c3[nH]ncc3Cl)C[C@H]2[C@@H]1c1cccc(F)c1. The van der Waals surface area contributed by atoms with Gasteiger partial charge in [0.15, 0.2) is 0 Å². The summed E-state index contributed by atoms with van der Waals surface area (Å²) in [6, 6.07) is 6.89. The summed E-state index contributed by atoms with van der Waals surface area (Å²) in [5.74, 6) is 0.337. The van der Waals surface area contributed by atoms with Crippen LogP contribution in [-0.4, -0.2) is 52.6 Å². The maximum atomic E-state index is 13.6. The van der Waals surface area contributed by atoms with Gasteiger partial charge in [-0.05, 0) is 30.7 Å². The van der Waals surface area contributed by atoms with Gasteiger partial charge in [0.2, 0.25) is 0 Å². The fraction of sp³-hybridized carbons (Fsp3) is 0.412. The van der Waals surface area contributed by atoms with Crippen LogP contribution in [0, 0.1) is 17.7 Å². The topological polar surface area (TPSA) is 52.2 Å². The Kier molecular flexibility index (Phi) is 3.81. The second-order valence-electron chi connectivity index (χ2n) is 6.67. The van der Waals surface area contributed by atoms with Gasteiger partial charge in [-0.25, -0.2) is 4.39 Å². The van der Waals surface area contributed by atoms with Gasteiger partial charge in [-0.2, -0.15) is 5.10 Å². The molecule has 1 aromatic heterocycles. The first-order valence-corrected chi connectivity index (χ1v) is 8.36. The zero-order valence-electron chi connectivity index (χ0n) is 13.2. The molecule has 2 saturated heterocycles. The van der Waals surface area contributed by atoms with Gasteiger partial charge < -0.3 is 4.90 Å². The van der Waals surface area contributed by atoms with Crippen molar-refractivity contribution in [2.24, 2.45) is 11.8 Å². The van der Waals surface area contributed by atoms with E-state index in [-0.39, 0.29) is 17.8 Å². The van der Waals surface area contributed by atoms with E-state index in [0.29, 0.717) is 35.6 Å². The third kappa shape index (κ3) is 2.50. The van der Waals surface area contributed by atoms with E-state index in [1.165, 1.54) is 12.3 Å². The Labute approximate surface area is 144 Å². The highest BCUT2D eigenvalue weighted by Gasteiger charge is 2.47. The number of aromatic amines is 1. The standard InChI is InChI=1S/C17H18ClFN4O/c1-22-7-11-8-23(17(24)15-14(18)6-20-21-15)9-13(11)16(22)10-3-2-4-12(19)5-10/h2-6,11,13,16H,7-9H2,1H3,(H,20,21)/t11-,13+,16-/m0/s1. The van der Waals surface area contributed by atoms with Crippen molar-refractivity contribution in [2.75, 3.05) is 26.7 Å². The minimum Gasteiger partial charge on any atom is -0.337 e. The fourth-order valence-corrected chi connectivity index (χ4v) is 4.37. The molecule has 3 heterocycles. The summed E-state index contributed by atoms with van der Waals surface area (Å²) in [6.07, 6.45) is 1.44. The van der Waals surface area contributed by atoms with Crippen LogP contribution >= 0.6 is 11.6 Å². The van der Waals surface area contributed by atoms with Crippen molar-refractivity contribution in [1.29, 1.82) is 0 Å². The number of amides is 1. The van der Waals surface area contributed by atoms with Crippen LogP contribution in [0.1, 0.15) is 22.1 Å². The predicted molar refractivity (Wildman–Crippen MR) is 88.3 cm³/mol. The summed E-state index contributed by atoms with van der Waals surface area (Å²) in [5, 5.41) is 6.83. The molecule has 2 fully saturated rings. The van der Waals surface area contributed by atoms with Gasteiger partial charge in [0.1, 0.15) is 11.5 Å². The molecule has 0 unspecified atom stereocenters. The van der Waals surface area contributed by atoms with E-state index in [9.17, 15) is 9.18 Å². The van der Waals surface area contributed by atoms with Gasteiger partial charge in [0, 0.05) is 31.6 Å². The molecule has 1 amide bonds. The molecule has 5 nitrogen and oxygen atoms in total. The number of hydrogen-bond donors (Lipinski definition) is 1. The van der Waals surface area contributed by atoms with Gasteiger partial charge in [0.05, 0.1) is 11.2 Å². The highest BCUT2D eigenvalue weighted by Crippen LogP contribution is 2.44. The lowest BCUT2D eigenvalue weighted by Crippen LogP contribution is -2.33. The van der Waals surface area contributed by atoms with Crippen LogP contribution in [0.4, 0.5) is 4.39 Å². The summed E-state index contributed by atoms with van der Waals surface area (Å²) >= 11 is 6.01. The quantitative estimate of drug-likeness (QED) is 0.907. The van der Waals surface area contributed by atoms with Gasteiger partial charge in [-0.3, -0.25) is 14.8 Å². The van der Waals surface area contributed by atoms with Crippen molar-refractivity contribution in [2.45, 2.75) is 6.04 Å². The van der Waals surface area contributed by atoms with E-state index in [4.69, 9.17) is 11.6 Å². The van der Waals surface area contributed by atoms with Crippen molar-refractivity contribution in [1.82, 2.24) is 20.0 Å². The highest BCUT2D eigenvalue weighted by molar-refractivity contribution is 6.33. The van der Waals surface area contributed by atoms with Crippen LogP contribution in [0.2, 0.25) is 5.02 Å². The molecular formula is C17H18ClFN4O. The van der Waals surface area contributed by atoms with Crippen molar-refractivity contribution in [3.63, 3.8) is 0 Å². The van der Waals surface area contributed by atoms with Gasteiger partial charge in [-0.1, -0.05) is 23.7 Å². The summed E-state index contributed by atoms with van der Waals surface area (Å²) in [4.78, 5) is 16.7. The maximum Gasteiger partial charge on any atom is 0.273 e. The van der Waals surface area contributed by atoms with Gasteiger partial charge >= 0.3 is 0 Å². The molecule has 2 aliphatic rings. The number of likely N-dealkylation sites (tertiary alicyclic amines) is 2. The number of aromatic nitrogens is 2. The average molecular weight is 349 g/mol. The number of hydrogen-bond acceptors (Lipinski definition) is 3. The molecule has 1 N–H and O–H groups in total. The fourth-order valence-electron chi connectivity index (χ4n) is 4.20. The van der Waals surface area contributed by atoms with E-state index in [1.54, 1.807) is 12.1 Å². The first kappa shape index (κ1) is 15.6. The normalized spacial score (nSPS) is 26.8. The van der Waals surface area contributed by atoms with E-state index < -0.39 is 0 Å². The average Bonchev–Trinajstić information content (AvgIpc) is 3.20. The van der Waals surface area contributed by atoms with E-state index >= 15 is 0 Å². The van der Waals surface area contributed by atoms with Crippen molar-refractivity contribution < 1.29 is 9.18 Å². The van der Waals surface area contributed by atoms with E-state index in [1.807, 2.05) is 11.0 Å². The number of H-pyrrole nitrogens is 1. The smallest absolute Gasteiger partial charge is 0.273 e. The van der Waals surface area contributed by atoms with Crippen molar-refractivity contribution >= 4 is 17.5 Å². The molecule has 0 bridgehead atoms. The van der Waals surface area contributed by atoms with Crippen LogP contribution in [0.5, 0.6) is 0 Å². The number of carbonyl (C=O) groups excluding carboxylic acids is 1. The van der Waals surface area contributed by atoms with Crippen LogP contribution in [0.15, 0.2) is 30.5 Å². The third-order valence-corrected chi connectivity index (χ3v) is 5.47.